The first kappa shape index (κ1) is 16.2. The molecule has 0 radical (unpaired) electrons. The van der Waals surface area contributed by atoms with E-state index in [1.807, 2.05) is 19.9 Å². The van der Waals surface area contributed by atoms with Crippen LogP contribution in [-0.4, -0.2) is 28.8 Å². The minimum Gasteiger partial charge on any atom is -0.475 e. The minimum absolute atomic E-state index is 0.248. The molecular weight excluding hydrogens is 380 g/mol. The van der Waals surface area contributed by atoms with Crippen LogP contribution >= 0.6 is 31.9 Å². The third kappa shape index (κ3) is 6.24. The molecule has 1 amide bonds. The summed E-state index contributed by atoms with van der Waals surface area (Å²) in [6, 6.07) is 1.57. The van der Waals surface area contributed by atoms with Crippen molar-refractivity contribution in [2.75, 3.05) is 6.61 Å². The number of nitrogens with zero attached hydrogens (tertiary/aromatic N) is 1. The molecule has 0 bridgehead atoms. The normalized spacial score (nSPS) is 12.3. The Bertz CT molecular complexity index is 441. The fourth-order valence-corrected chi connectivity index (χ4v) is 2.70. The molecule has 1 atom stereocenters. The predicted molar refractivity (Wildman–Crippen MR) is 79.5 cm³/mol. The summed E-state index contributed by atoms with van der Waals surface area (Å²) in [7, 11) is 0. The predicted octanol–water partition coefficient (Wildman–Crippen LogP) is 3.67. The van der Waals surface area contributed by atoms with Crippen molar-refractivity contribution < 1.29 is 14.6 Å². The van der Waals surface area contributed by atoms with E-state index in [4.69, 9.17) is 9.84 Å². The Morgan fingerprint density at radius 3 is 2.74 bits per heavy atom. The molecule has 19 heavy (non-hydrogen) atoms. The Morgan fingerprint density at radius 2 is 2.21 bits per heavy atom. The van der Waals surface area contributed by atoms with Crippen LogP contribution in [-0.2, 0) is 0 Å². The lowest BCUT2D eigenvalue weighted by atomic mass is 10.0. The summed E-state index contributed by atoms with van der Waals surface area (Å²) in [6.07, 6.45) is 1.29. The summed E-state index contributed by atoms with van der Waals surface area (Å²) in [4.78, 5) is 14.8. The number of ether oxygens (including phenoxy) is 1. The van der Waals surface area contributed by atoms with Crippen LogP contribution in [0.3, 0.4) is 0 Å². The van der Waals surface area contributed by atoms with E-state index in [0.29, 0.717) is 18.2 Å². The van der Waals surface area contributed by atoms with E-state index in [9.17, 15) is 4.79 Å². The molecule has 1 aromatic rings. The van der Waals surface area contributed by atoms with Crippen LogP contribution in [0, 0.1) is 5.92 Å². The van der Waals surface area contributed by atoms with Crippen molar-refractivity contribution in [2.45, 2.75) is 26.3 Å². The lowest BCUT2D eigenvalue weighted by Crippen LogP contribution is -2.39. The molecule has 1 heterocycles. The zero-order chi connectivity index (χ0) is 14.4. The summed E-state index contributed by atoms with van der Waals surface area (Å²) in [5.41, 5.74) is 0. The van der Waals surface area contributed by atoms with Crippen molar-refractivity contribution in [2.24, 2.45) is 5.92 Å². The van der Waals surface area contributed by atoms with Gasteiger partial charge in [0.15, 0.2) is 0 Å². The second-order valence-electron chi connectivity index (χ2n) is 4.53. The summed E-state index contributed by atoms with van der Waals surface area (Å²) < 4.78 is 7.12. The highest BCUT2D eigenvalue weighted by molar-refractivity contribution is 9.11. The maximum Gasteiger partial charge on any atom is 0.404 e. The quantitative estimate of drug-likeness (QED) is 0.770. The zero-order valence-electron chi connectivity index (χ0n) is 10.7. The third-order valence-corrected chi connectivity index (χ3v) is 3.28. The van der Waals surface area contributed by atoms with Gasteiger partial charge in [-0.3, -0.25) is 0 Å². The highest BCUT2D eigenvalue weighted by Crippen LogP contribution is 2.25. The average molecular weight is 396 g/mol. The molecule has 0 aliphatic heterocycles. The molecule has 5 nitrogen and oxygen atoms in total. The van der Waals surface area contributed by atoms with Gasteiger partial charge in [-0.15, -0.1) is 0 Å². The maximum absolute atomic E-state index is 10.7. The Morgan fingerprint density at radius 1 is 1.53 bits per heavy atom. The van der Waals surface area contributed by atoms with Gasteiger partial charge in [0.05, 0.1) is 10.5 Å². The summed E-state index contributed by atoms with van der Waals surface area (Å²) in [5.74, 6) is 0.825. The van der Waals surface area contributed by atoms with Gasteiger partial charge in [0.2, 0.25) is 5.88 Å². The third-order valence-electron chi connectivity index (χ3n) is 2.28. The molecule has 0 fully saturated rings. The summed E-state index contributed by atoms with van der Waals surface area (Å²) in [5, 5.41) is 11.2. The SMILES string of the molecule is CC(C)C[C@@H](COc1ncc(Br)cc1Br)NC(=O)O. The Kier molecular flexibility index (Phi) is 6.57. The Labute approximate surface area is 129 Å². The summed E-state index contributed by atoms with van der Waals surface area (Å²) in [6.45, 7) is 4.31. The maximum atomic E-state index is 10.7. The molecule has 0 spiro atoms. The average Bonchev–Trinajstić information content (AvgIpc) is 2.25. The topological polar surface area (TPSA) is 71.5 Å². The van der Waals surface area contributed by atoms with Crippen LogP contribution in [0.1, 0.15) is 20.3 Å². The van der Waals surface area contributed by atoms with E-state index in [2.05, 4.69) is 42.2 Å². The number of rotatable bonds is 6. The number of hydrogen-bond acceptors (Lipinski definition) is 3. The number of amides is 1. The Hall–Kier alpha value is -0.820. The number of aromatic nitrogens is 1. The van der Waals surface area contributed by atoms with Crippen molar-refractivity contribution in [1.29, 1.82) is 0 Å². The van der Waals surface area contributed by atoms with Gasteiger partial charge < -0.3 is 15.2 Å². The van der Waals surface area contributed by atoms with Crippen LogP contribution in [0.25, 0.3) is 0 Å². The lowest BCUT2D eigenvalue weighted by molar-refractivity contribution is 0.175. The van der Waals surface area contributed by atoms with Gasteiger partial charge in [0.25, 0.3) is 0 Å². The minimum atomic E-state index is -1.04. The molecule has 1 rings (SSSR count). The van der Waals surface area contributed by atoms with Gasteiger partial charge in [-0.05, 0) is 50.3 Å². The standard InChI is InChI=1S/C12H16Br2N2O3/c1-7(2)3-9(16-12(17)18)6-19-11-10(14)4-8(13)5-15-11/h4-5,7,9,16H,3,6H2,1-2H3,(H,17,18)/t9-/m0/s1. The Balaban J connectivity index is 2.61. The second-order valence-corrected chi connectivity index (χ2v) is 6.30. The van der Waals surface area contributed by atoms with Gasteiger partial charge in [-0.25, -0.2) is 9.78 Å². The van der Waals surface area contributed by atoms with Crippen LogP contribution in [0.4, 0.5) is 4.79 Å². The van der Waals surface area contributed by atoms with Crippen molar-refractivity contribution in [3.63, 3.8) is 0 Å². The molecule has 106 valence electrons. The molecule has 2 N–H and O–H groups in total. The van der Waals surface area contributed by atoms with Crippen LogP contribution < -0.4 is 10.1 Å². The largest absolute Gasteiger partial charge is 0.475 e. The molecule has 0 saturated carbocycles. The van der Waals surface area contributed by atoms with Gasteiger partial charge in [0, 0.05) is 10.7 Å². The van der Waals surface area contributed by atoms with E-state index in [0.717, 1.165) is 8.95 Å². The molecular formula is C12H16Br2N2O3. The number of pyridine rings is 1. The monoisotopic (exact) mass is 394 g/mol. The summed E-state index contributed by atoms with van der Waals surface area (Å²) >= 11 is 6.65. The second kappa shape index (κ2) is 7.69. The highest BCUT2D eigenvalue weighted by Gasteiger charge is 2.15. The van der Waals surface area contributed by atoms with Gasteiger partial charge >= 0.3 is 6.09 Å². The van der Waals surface area contributed by atoms with E-state index < -0.39 is 6.09 Å². The number of hydrogen-bond donors (Lipinski definition) is 2. The van der Waals surface area contributed by atoms with E-state index in [1.54, 1.807) is 6.20 Å². The fourth-order valence-electron chi connectivity index (χ4n) is 1.60. The first-order valence-electron chi connectivity index (χ1n) is 5.81. The number of carbonyl (C=O) groups is 1. The number of halogens is 2. The van der Waals surface area contributed by atoms with Crippen molar-refractivity contribution >= 4 is 38.0 Å². The molecule has 0 saturated heterocycles. The van der Waals surface area contributed by atoms with Gasteiger partial charge in [-0.1, -0.05) is 13.8 Å². The molecule has 7 heteroatoms. The molecule has 1 aromatic heterocycles. The highest BCUT2D eigenvalue weighted by atomic mass is 79.9. The van der Waals surface area contributed by atoms with Crippen LogP contribution in [0.5, 0.6) is 5.88 Å². The van der Waals surface area contributed by atoms with Crippen molar-refractivity contribution in [3.8, 4) is 5.88 Å². The molecule has 0 aromatic carbocycles. The number of nitrogens with one attached hydrogen (secondary N) is 1. The van der Waals surface area contributed by atoms with Crippen molar-refractivity contribution in [1.82, 2.24) is 10.3 Å². The lowest BCUT2D eigenvalue weighted by Gasteiger charge is -2.19. The fraction of sp³-hybridized carbons (Fsp3) is 0.500. The molecule has 0 aliphatic rings. The molecule has 0 unspecified atom stereocenters. The van der Waals surface area contributed by atoms with Crippen LogP contribution in [0.15, 0.2) is 21.2 Å². The van der Waals surface area contributed by atoms with E-state index in [1.165, 1.54) is 0 Å². The first-order valence-corrected chi connectivity index (χ1v) is 7.40. The zero-order valence-corrected chi connectivity index (χ0v) is 13.9. The molecule has 0 aliphatic carbocycles. The van der Waals surface area contributed by atoms with Gasteiger partial charge in [-0.2, -0.15) is 0 Å². The van der Waals surface area contributed by atoms with E-state index in [-0.39, 0.29) is 12.6 Å². The number of carboxylic acid groups (broad SMARTS) is 1. The first-order chi connectivity index (χ1) is 8.88. The van der Waals surface area contributed by atoms with Gasteiger partial charge in [0.1, 0.15) is 6.61 Å². The smallest absolute Gasteiger partial charge is 0.404 e. The van der Waals surface area contributed by atoms with Crippen LogP contribution in [0.2, 0.25) is 0 Å². The van der Waals surface area contributed by atoms with E-state index >= 15 is 0 Å². The van der Waals surface area contributed by atoms with Crippen molar-refractivity contribution in [3.05, 3.63) is 21.2 Å².